The van der Waals surface area contributed by atoms with Gasteiger partial charge < -0.3 is 4.98 Å². The smallest absolute Gasteiger partial charge is 0.251 e. The largest absolute Gasteiger partial charge is 0.307 e. The average Bonchev–Trinajstić information content (AvgIpc) is 2.75. The SMILES string of the molecule is O=c1ccnc(-c2cc(Cl)cc3[nH]ncc23)[nH]1. The van der Waals surface area contributed by atoms with E-state index in [1.54, 1.807) is 18.3 Å². The normalized spacial score (nSPS) is 10.9. The number of hydrogen-bond acceptors (Lipinski definition) is 3. The number of aromatic nitrogens is 4. The number of benzene rings is 1. The van der Waals surface area contributed by atoms with Crippen LogP contribution in [0.3, 0.4) is 0 Å². The molecule has 0 radical (unpaired) electrons. The van der Waals surface area contributed by atoms with Gasteiger partial charge in [0.15, 0.2) is 0 Å². The van der Waals surface area contributed by atoms with E-state index >= 15 is 0 Å². The Labute approximate surface area is 100 Å². The first-order valence-electron chi connectivity index (χ1n) is 4.92. The van der Waals surface area contributed by atoms with Crippen molar-refractivity contribution in [2.24, 2.45) is 0 Å². The molecule has 0 fully saturated rings. The highest BCUT2D eigenvalue weighted by Gasteiger charge is 2.09. The molecule has 5 nitrogen and oxygen atoms in total. The molecule has 2 N–H and O–H groups in total. The van der Waals surface area contributed by atoms with Crippen molar-refractivity contribution < 1.29 is 0 Å². The zero-order valence-corrected chi connectivity index (χ0v) is 9.32. The van der Waals surface area contributed by atoms with Gasteiger partial charge in [-0.05, 0) is 12.1 Å². The Morgan fingerprint density at radius 3 is 3.00 bits per heavy atom. The second-order valence-electron chi connectivity index (χ2n) is 3.57. The maximum Gasteiger partial charge on any atom is 0.251 e. The number of nitrogens with zero attached hydrogens (tertiary/aromatic N) is 2. The molecule has 0 aliphatic rings. The van der Waals surface area contributed by atoms with Gasteiger partial charge >= 0.3 is 0 Å². The molecular formula is C11H7ClN4O. The van der Waals surface area contributed by atoms with Crippen LogP contribution >= 0.6 is 11.6 Å². The minimum absolute atomic E-state index is 0.202. The molecule has 3 rings (SSSR count). The molecule has 0 amide bonds. The van der Waals surface area contributed by atoms with Crippen molar-refractivity contribution in [3.8, 4) is 11.4 Å². The van der Waals surface area contributed by atoms with Crippen LogP contribution in [0.5, 0.6) is 0 Å². The van der Waals surface area contributed by atoms with Gasteiger partial charge in [-0.2, -0.15) is 5.10 Å². The first-order valence-corrected chi connectivity index (χ1v) is 5.30. The zero-order valence-electron chi connectivity index (χ0n) is 8.57. The molecule has 2 aromatic heterocycles. The fraction of sp³-hybridized carbons (Fsp3) is 0. The van der Waals surface area contributed by atoms with Crippen molar-refractivity contribution in [2.45, 2.75) is 0 Å². The monoisotopic (exact) mass is 246 g/mol. The molecule has 17 heavy (non-hydrogen) atoms. The lowest BCUT2D eigenvalue weighted by molar-refractivity contribution is 1.12. The van der Waals surface area contributed by atoms with Gasteiger partial charge in [-0.25, -0.2) is 4.98 Å². The molecule has 1 aromatic carbocycles. The lowest BCUT2D eigenvalue weighted by atomic mass is 10.1. The number of rotatable bonds is 1. The van der Waals surface area contributed by atoms with Crippen LogP contribution in [0.1, 0.15) is 0 Å². The first-order chi connectivity index (χ1) is 8.24. The van der Waals surface area contributed by atoms with Crippen LogP contribution in [0.2, 0.25) is 5.02 Å². The van der Waals surface area contributed by atoms with Crippen molar-refractivity contribution in [2.75, 3.05) is 0 Å². The van der Waals surface area contributed by atoms with E-state index in [2.05, 4.69) is 20.2 Å². The fourth-order valence-electron chi connectivity index (χ4n) is 1.72. The Hall–Kier alpha value is -2.14. The van der Waals surface area contributed by atoms with E-state index in [0.717, 1.165) is 16.5 Å². The minimum Gasteiger partial charge on any atom is -0.307 e. The first kappa shape index (κ1) is 10.0. The summed E-state index contributed by atoms with van der Waals surface area (Å²) in [6.45, 7) is 0. The molecule has 0 saturated carbocycles. The zero-order chi connectivity index (χ0) is 11.8. The van der Waals surface area contributed by atoms with Gasteiger partial charge in [-0.3, -0.25) is 9.89 Å². The lowest BCUT2D eigenvalue weighted by Gasteiger charge is -2.02. The Morgan fingerprint density at radius 2 is 2.18 bits per heavy atom. The quantitative estimate of drug-likeness (QED) is 0.689. The number of nitrogens with one attached hydrogen (secondary N) is 2. The maximum atomic E-state index is 11.3. The lowest BCUT2D eigenvalue weighted by Crippen LogP contribution is -2.05. The molecule has 6 heteroatoms. The van der Waals surface area contributed by atoms with Gasteiger partial charge in [-0.15, -0.1) is 0 Å². The van der Waals surface area contributed by atoms with Gasteiger partial charge in [-0.1, -0.05) is 11.6 Å². The van der Waals surface area contributed by atoms with Crippen molar-refractivity contribution in [1.29, 1.82) is 0 Å². The highest BCUT2D eigenvalue weighted by atomic mass is 35.5. The van der Waals surface area contributed by atoms with Crippen LogP contribution in [0.15, 0.2) is 35.4 Å². The number of hydrogen-bond donors (Lipinski definition) is 2. The molecule has 3 aromatic rings. The van der Waals surface area contributed by atoms with E-state index in [4.69, 9.17) is 11.6 Å². The maximum absolute atomic E-state index is 11.3. The number of fused-ring (bicyclic) bond motifs is 1. The Kier molecular flexibility index (Phi) is 2.19. The summed E-state index contributed by atoms with van der Waals surface area (Å²) in [4.78, 5) is 18.1. The van der Waals surface area contributed by atoms with Gasteiger partial charge in [0.2, 0.25) is 0 Å². The Balaban J connectivity index is 2.36. The molecular weight excluding hydrogens is 240 g/mol. The Bertz CT molecular complexity index is 746. The molecule has 0 saturated heterocycles. The van der Waals surface area contributed by atoms with E-state index in [0.29, 0.717) is 10.8 Å². The molecule has 0 aliphatic carbocycles. The summed E-state index contributed by atoms with van der Waals surface area (Å²) >= 11 is 6.00. The van der Waals surface area contributed by atoms with Crippen LogP contribution < -0.4 is 5.56 Å². The molecule has 0 aliphatic heterocycles. The van der Waals surface area contributed by atoms with Crippen LogP contribution in [-0.2, 0) is 0 Å². The average molecular weight is 247 g/mol. The van der Waals surface area contributed by atoms with Crippen LogP contribution in [-0.4, -0.2) is 20.2 Å². The van der Waals surface area contributed by atoms with Crippen molar-refractivity contribution >= 4 is 22.5 Å². The summed E-state index contributed by atoms with van der Waals surface area (Å²) in [5, 5.41) is 8.20. The van der Waals surface area contributed by atoms with Gasteiger partial charge in [0, 0.05) is 28.2 Å². The van der Waals surface area contributed by atoms with Crippen molar-refractivity contribution in [3.63, 3.8) is 0 Å². The standard InChI is InChI=1S/C11H7ClN4O/c12-6-3-7(8-5-14-16-9(8)4-6)11-13-2-1-10(17)15-11/h1-5H,(H,14,16)(H,13,15,17). The number of aromatic amines is 2. The van der Waals surface area contributed by atoms with Crippen LogP contribution in [0.4, 0.5) is 0 Å². The summed E-state index contributed by atoms with van der Waals surface area (Å²) in [6, 6.07) is 4.88. The topological polar surface area (TPSA) is 74.4 Å². The predicted molar refractivity (Wildman–Crippen MR) is 65.0 cm³/mol. The summed E-state index contributed by atoms with van der Waals surface area (Å²) in [6.07, 6.45) is 3.13. The minimum atomic E-state index is -0.202. The number of H-pyrrole nitrogens is 2. The second kappa shape index (κ2) is 3.71. The molecule has 0 spiro atoms. The number of halogens is 1. The third kappa shape index (κ3) is 1.70. The summed E-state index contributed by atoms with van der Waals surface area (Å²) in [5.74, 6) is 0.478. The van der Waals surface area contributed by atoms with Gasteiger partial charge in [0.1, 0.15) is 5.82 Å². The van der Waals surface area contributed by atoms with Crippen molar-refractivity contribution in [3.05, 3.63) is 46.0 Å². The molecule has 2 heterocycles. The van der Waals surface area contributed by atoms with E-state index in [1.165, 1.54) is 12.3 Å². The third-order valence-corrected chi connectivity index (χ3v) is 2.67. The fourth-order valence-corrected chi connectivity index (χ4v) is 1.94. The molecule has 0 atom stereocenters. The Morgan fingerprint density at radius 1 is 1.29 bits per heavy atom. The molecule has 84 valence electrons. The summed E-state index contributed by atoms with van der Waals surface area (Å²) < 4.78 is 0. The van der Waals surface area contributed by atoms with Gasteiger partial charge in [0.05, 0.1) is 11.7 Å². The summed E-state index contributed by atoms with van der Waals surface area (Å²) in [5.41, 5.74) is 1.35. The van der Waals surface area contributed by atoms with Crippen molar-refractivity contribution in [1.82, 2.24) is 20.2 Å². The van der Waals surface area contributed by atoms with E-state index in [-0.39, 0.29) is 5.56 Å². The molecule has 0 unspecified atom stereocenters. The molecule has 0 bridgehead atoms. The highest BCUT2D eigenvalue weighted by molar-refractivity contribution is 6.31. The van der Waals surface area contributed by atoms with Crippen LogP contribution in [0, 0.1) is 0 Å². The van der Waals surface area contributed by atoms with E-state index < -0.39 is 0 Å². The predicted octanol–water partition coefficient (Wildman–Crippen LogP) is 1.97. The van der Waals surface area contributed by atoms with Gasteiger partial charge in [0.25, 0.3) is 5.56 Å². The van der Waals surface area contributed by atoms with E-state index in [9.17, 15) is 4.79 Å². The summed E-state index contributed by atoms with van der Waals surface area (Å²) in [7, 11) is 0. The highest BCUT2D eigenvalue weighted by Crippen LogP contribution is 2.28. The van der Waals surface area contributed by atoms with Crippen LogP contribution in [0.25, 0.3) is 22.3 Å². The van der Waals surface area contributed by atoms with E-state index in [1.807, 2.05) is 0 Å². The second-order valence-corrected chi connectivity index (χ2v) is 4.00. The third-order valence-electron chi connectivity index (χ3n) is 2.45.